The van der Waals surface area contributed by atoms with Gasteiger partial charge in [0.25, 0.3) is 6.34 Å². The van der Waals surface area contributed by atoms with E-state index in [-0.39, 0.29) is 28.6 Å². The van der Waals surface area contributed by atoms with Crippen LogP contribution in [0.2, 0.25) is 0 Å². The first-order valence-corrected chi connectivity index (χ1v) is 9.02. The summed E-state index contributed by atoms with van der Waals surface area (Å²) < 4.78 is 1.98. The molecule has 0 aromatic carbocycles. The first-order valence-electron chi connectivity index (χ1n) is 9.02. The molecule has 0 amide bonds. The molecule has 3 heterocycles. The second-order valence-electron chi connectivity index (χ2n) is 6.30. The Labute approximate surface area is 185 Å². The van der Waals surface area contributed by atoms with Gasteiger partial charge in [-0.3, -0.25) is 4.79 Å². The fourth-order valence-corrected chi connectivity index (χ4v) is 2.82. The fraction of sp³-hybridized carbons (Fsp3) is 0.0870. The second-order valence-corrected chi connectivity index (χ2v) is 6.30. The van der Waals surface area contributed by atoms with E-state index in [9.17, 15) is 9.90 Å². The monoisotopic (exact) mass is 447 g/mol. The van der Waals surface area contributed by atoms with Gasteiger partial charge in [-0.1, -0.05) is 48.3 Å². The number of carbonyl (C=O) groups is 1. The van der Waals surface area contributed by atoms with Gasteiger partial charge in [0.1, 0.15) is 11.9 Å². The minimum atomic E-state index is -0.187. The molecular weight excluding hydrogens is 428 g/mol. The van der Waals surface area contributed by atoms with Crippen molar-refractivity contribution in [2.45, 2.75) is 13.8 Å². The van der Waals surface area contributed by atoms with E-state index in [1.54, 1.807) is 24.9 Å². The summed E-state index contributed by atoms with van der Waals surface area (Å²) >= 11 is 0. The van der Waals surface area contributed by atoms with Crippen molar-refractivity contribution in [3.63, 3.8) is 0 Å². The van der Waals surface area contributed by atoms with Crippen LogP contribution in [-0.2, 0) is 21.9 Å². The summed E-state index contributed by atoms with van der Waals surface area (Å²) in [6.45, 7) is 2.70. The molecule has 1 aliphatic carbocycles. The van der Waals surface area contributed by atoms with Crippen molar-refractivity contribution < 1.29 is 31.5 Å². The first-order chi connectivity index (χ1) is 14.0. The third-order valence-electron chi connectivity index (χ3n) is 3.98. The predicted octanol–water partition coefficient (Wildman–Crippen LogP) is 2.33. The van der Waals surface area contributed by atoms with E-state index in [1.165, 1.54) is 13.8 Å². The van der Waals surface area contributed by atoms with Crippen LogP contribution < -0.4 is 15.1 Å². The number of aliphatic imine (C=N–C) groups is 1. The Morgan fingerprint density at radius 2 is 1.63 bits per heavy atom. The molecule has 2 aromatic rings. The van der Waals surface area contributed by atoms with E-state index in [2.05, 4.69) is 39.3 Å². The number of ketones is 1. The average Bonchev–Trinajstić information content (AvgIpc) is 3.46. The summed E-state index contributed by atoms with van der Waals surface area (Å²) in [5, 5.41) is 9.98. The minimum absolute atomic E-state index is 0. The number of rotatable bonds is 3. The van der Waals surface area contributed by atoms with Gasteiger partial charge in [0.05, 0.1) is 0 Å². The molecule has 0 saturated heterocycles. The molecule has 0 atom stereocenters. The van der Waals surface area contributed by atoms with Crippen molar-refractivity contribution in [1.82, 2.24) is 9.97 Å². The molecule has 155 valence electrons. The van der Waals surface area contributed by atoms with Gasteiger partial charge >= 0.3 is 17.1 Å². The van der Waals surface area contributed by atoms with Gasteiger partial charge in [0.2, 0.25) is 0 Å². The zero-order valence-corrected chi connectivity index (χ0v) is 17.4. The summed E-state index contributed by atoms with van der Waals surface area (Å²) in [6, 6.07) is 7.90. The van der Waals surface area contributed by atoms with Gasteiger partial charge in [-0.05, 0) is 36.3 Å². The number of allylic oxidation sites excluding steroid dienone is 7. The molecule has 2 aliphatic rings. The van der Waals surface area contributed by atoms with Crippen LogP contribution >= 0.6 is 0 Å². The van der Waals surface area contributed by atoms with Crippen molar-refractivity contribution in [2.75, 3.05) is 0 Å². The van der Waals surface area contributed by atoms with E-state index in [0.29, 0.717) is 0 Å². The average molecular weight is 448 g/mol. The topological polar surface area (TPSA) is 83.7 Å². The second kappa shape index (κ2) is 11.0. The van der Waals surface area contributed by atoms with Gasteiger partial charge in [-0.15, -0.1) is 17.1 Å². The van der Waals surface area contributed by atoms with Gasteiger partial charge in [-0.25, -0.2) is 0 Å². The van der Waals surface area contributed by atoms with Crippen molar-refractivity contribution in [1.29, 1.82) is 0 Å². The Kier molecular flexibility index (Phi) is 8.35. The van der Waals surface area contributed by atoms with Crippen molar-refractivity contribution in [3.05, 3.63) is 102 Å². The van der Waals surface area contributed by atoms with Crippen molar-refractivity contribution >= 4 is 23.4 Å². The fourth-order valence-electron chi connectivity index (χ4n) is 2.82. The Morgan fingerprint density at radius 3 is 2.00 bits per heavy atom. The molecule has 0 unspecified atom stereocenters. The van der Waals surface area contributed by atoms with Crippen LogP contribution in [0.15, 0.2) is 95.8 Å². The summed E-state index contributed by atoms with van der Waals surface area (Å²) in [5.41, 5.74) is 5.10. The van der Waals surface area contributed by atoms with Gasteiger partial charge in [0.15, 0.2) is 12.0 Å². The molecule has 0 N–H and O–H groups in total. The molecule has 30 heavy (non-hydrogen) atoms. The Hall–Kier alpha value is -3.41. The van der Waals surface area contributed by atoms with E-state index in [4.69, 9.17) is 0 Å². The molecule has 0 fully saturated rings. The largest absolute Gasteiger partial charge is 2.00 e. The van der Waals surface area contributed by atoms with Gasteiger partial charge in [-0.2, -0.15) is 17.0 Å². The molecule has 0 spiro atoms. The van der Waals surface area contributed by atoms with Crippen LogP contribution in [0.4, 0.5) is 0 Å². The smallest absolute Gasteiger partial charge is 0.876 e. The summed E-state index contributed by atoms with van der Waals surface area (Å²) in [4.78, 5) is 22.9. The third-order valence-corrected chi connectivity index (χ3v) is 3.98. The van der Waals surface area contributed by atoms with E-state index in [1.807, 2.05) is 35.0 Å². The zero-order valence-electron chi connectivity index (χ0n) is 16.5. The van der Waals surface area contributed by atoms with Crippen LogP contribution in [0.3, 0.4) is 0 Å². The van der Waals surface area contributed by atoms with Gasteiger partial charge in [0, 0.05) is 0 Å². The van der Waals surface area contributed by atoms with E-state index in [0.717, 1.165) is 34.3 Å². The van der Waals surface area contributed by atoms with Crippen molar-refractivity contribution in [2.24, 2.45) is 4.99 Å². The molecular formula is C23H20CuN4O2. The van der Waals surface area contributed by atoms with E-state index >= 15 is 0 Å². The number of nitrogens with zero attached hydrogens (tertiary/aromatic N) is 4. The summed E-state index contributed by atoms with van der Waals surface area (Å²) in [6.07, 6.45) is 18.5. The molecule has 0 bridgehead atoms. The van der Waals surface area contributed by atoms with Crippen LogP contribution in [0, 0.1) is 0 Å². The Morgan fingerprint density at radius 1 is 1.03 bits per heavy atom. The minimum Gasteiger partial charge on any atom is -0.876 e. The maximum absolute atomic E-state index is 9.98. The maximum Gasteiger partial charge on any atom is 2.00 e. The molecule has 4 rings (SSSR count). The van der Waals surface area contributed by atoms with Crippen LogP contribution in [0.5, 0.6) is 0 Å². The number of aromatic nitrogens is 2. The maximum atomic E-state index is 9.98. The zero-order chi connectivity index (χ0) is 20.6. The Balaban J connectivity index is 0.000000350. The number of carbonyl (C=O) groups excluding carboxylic acids is 1. The Bertz CT molecular complexity index is 1010. The number of hydrogen-bond acceptors (Lipinski definition) is 3. The predicted molar refractivity (Wildman–Crippen MR) is 111 cm³/mol. The van der Waals surface area contributed by atoms with Crippen LogP contribution in [0.25, 0.3) is 5.57 Å². The van der Waals surface area contributed by atoms with Crippen LogP contribution in [-0.4, -0.2) is 22.4 Å². The quantitative estimate of drug-likeness (QED) is 0.313. The molecule has 7 heteroatoms. The SMILES string of the molecule is C1=C[N+](=C2C=CC(=C(c3ccc[n-]3)c3ccc[n-]3)C=C2)C=N1.CC(=O)/C=C(/C)[O-].[Cu+2]. The van der Waals surface area contributed by atoms with Gasteiger partial charge < -0.3 is 15.1 Å². The van der Waals surface area contributed by atoms with Crippen molar-refractivity contribution in [3.8, 4) is 0 Å². The van der Waals surface area contributed by atoms with Crippen LogP contribution in [0.1, 0.15) is 25.2 Å². The molecule has 0 saturated carbocycles. The standard InChI is InChI=1S/C18H13N4.C5H8O2.Cu/c1-3-16(20-9-1)18(17-4-2-10-21-17)14-5-7-15(8-6-14)22-12-11-19-13-22;1-4(6)3-5(2)7;/h1-13H;3,6H,1-2H3;/q-1;;+2/p-1/b;4-3-;. The molecule has 2 aromatic heterocycles. The number of hydrogen-bond donors (Lipinski definition) is 0. The molecule has 1 radical (unpaired) electrons. The van der Waals surface area contributed by atoms with E-state index < -0.39 is 0 Å². The molecule has 1 aliphatic heterocycles. The third kappa shape index (κ3) is 6.04. The normalized spacial score (nSPS) is 14.5. The summed E-state index contributed by atoms with van der Waals surface area (Å²) in [7, 11) is 0. The molecule has 6 nitrogen and oxygen atoms in total. The first kappa shape index (κ1) is 22.9. The summed E-state index contributed by atoms with van der Waals surface area (Å²) in [5.74, 6) is -0.375.